The van der Waals surface area contributed by atoms with Gasteiger partial charge in [-0.1, -0.05) is 19.3 Å². The van der Waals surface area contributed by atoms with Crippen molar-refractivity contribution in [2.75, 3.05) is 6.61 Å². The predicted molar refractivity (Wildman–Crippen MR) is 74.2 cm³/mol. The zero-order chi connectivity index (χ0) is 13.9. The van der Waals surface area contributed by atoms with Gasteiger partial charge in [0.15, 0.2) is 0 Å². The van der Waals surface area contributed by atoms with E-state index >= 15 is 0 Å². The van der Waals surface area contributed by atoms with E-state index in [9.17, 15) is 9.90 Å². The topological polar surface area (TPSA) is 58.6 Å². The minimum atomic E-state index is -0.850. The van der Waals surface area contributed by atoms with E-state index in [2.05, 4.69) is 5.32 Å². The predicted octanol–water partition coefficient (Wildman–Crippen LogP) is 2.57. The van der Waals surface area contributed by atoms with Crippen LogP contribution in [0.5, 0.6) is 0 Å². The third kappa shape index (κ3) is 4.46. The second kappa shape index (κ2) is 6.23. The maximum atomic E-state index is 11.4. The Morgan fingerprint density at radius 1 is 1.42 bits per heavy atom. The van der Waals surface area contributed by atoms with E-state index in [0.29, 0.717) is 12.5 Å². The van der Waals surface area contributed by atoms with Gasteiger partial charge in [-0.15, -0.1) is 0 Å². The zero-order valence-electron chi connectivity index (χ0n) is 12.2. The summed E-state index contributed by atoms with van der Waals surface area (Å²) in [5, 5.41) is 12.6. The molecule has 2 saturated carbocycles. The first-order valence-corrected chi connectivity index (χ1v) is 7.62. The summed E-state index contributed by atoms with van der Waals surface area (Å²) in [6.07, 6.45) is 7.89. The number of rotatable bonds is 9. The number of carboxylic acids is 1. The van der Waals surface area contributed by atoms with Crippen molar-refractivity contribution in [2.45, 2.75) is 76.5 Å². The van der Waals surface area contributed by atoms with Crippen molar-refractivity contribution in [3.05, 3.63) is 0 Å². The fraction of sp³-hybridized carbons (Fsp3) is 0.933. The molecule has 0 radical (unpaired) electrons. The zero-order valence-corrected chi connectivity index (χ0v) is 12.2. The Morgan fingerprint density at radius 2 is 2.11 bits per heavy atom. The van der Waals surface area contributed by atoms with Crippen LogP contribution in [0.4, 0.5) is 0 Å². The highest BCUT2D eigenvalue weighted by molar-refractivity contribution is 5.78. The average Bonchev–Trinajstić information content (AvgIpc) is 3.05. The van der Waals surface area contributed by atoms with Gasteiger partial charge in [0.05, 0.1) is 6.10 Å². The lowest BCUT2D eigenvalue weighted by molar-refractivity contribution is -0.146. The van der Waals surface area contributed by atoms with Crippen molar-refractivity contribution in [1.82, 2.24) is 5.32 Å². The molecule has 0 heterocycles. The number of hydrogen-bond donors (Lipinski definition) is 2. The second-order valence-electron chi connectivity index (χ2n) is 6.53. The summed E-state index contributed by atoms with van der Waals surface area (Å²) in [6.45, 7) is 4.53. The molecule has 2 rings (SSSR count). The van der Waals surface area contributed by atoms with Crippen molar-refractivity contribution >= 4 is 5.97 Å². The van der Waals surface area contributed by atoms with E-state index < -0.39 is 11.5 Å². The fourth-order valence-electron chi connectivity index (χ4n) is 2.74. The van der Waals surface area contributed by atoms with Crippen LogP contribution in [-0.2, 0) is 9.53 Å². The van der Waals surface area contributed by atoms with Crippen molar-refractivity contribution in [2.24, 2.45) is 5.92 Å². The molecule has 2 atom stereocenters. The SMILES string of the molecule is CC(CC(C)(NC1CC1)C(=O)O)OCCC1CCC1. The Labute approximate surface area is 115 Å². The number of hydrogen-bond acceptors (Lipinski definition) is 3. The largest absolute Gasteiger partial charge is 0.480 e. The van der Waals surface area contributed by atoms with E-state index in [0.717, 1.165) is 31.8 Å². The van der Waals surface area contributed by atoms with Gasteiger partial charge in [0.1, 0.15) is 5.54 Å². The summed E-state index contributed by atoms with van der Waals surface area (Å²) >= 11 is 0. The highest BCUT2D eigenvalue weighted by Crippen LogP contribution is 2.30. The number of carbonyl (C=O) groups is 1. The maximum Gasteiger partial charge on any atom is 0.323 e. The molecule has 0 amide bonds. The second-order valence-corrected chi connectivity index (χ2v) is 6.53. The summed E-state index contributed by atoms with van der Waals surface area (Å²) in [5.41, 5.74) is -0.850. The molecule has 2 unspecified atom stereocenters. The van der Waals surface area contributed by atoms with Crippen LogP contribution in [0.1, 0.15) is 58.8 Å². The Morgan fingerprint density at radius 3 is 2.58 bits per heavy atom. The Hall–Kier alpha value is -0.610. The molecule has 0 aromatic carbocycles. The molecule has 0 aromatic heterocycles. The third-order valence-corrected chi connectivity index (χ3v) is 4.42. The minimum absolute atomic E-state index is 0.00701. The molecule has 2 aliphatic rings. The average molecular weight is 269 g/mol. The number of aliphatic carboxylic acids is 1. The van der Waals surface area contributed by atoms with Crippen molar-refractivity contribution in [1.29, 1.82) is 0 Å². The molecule has 19 heavy (non-hydrogen) atoms. The van der Waals surface area contributed by atoms with Gasteiger partial charge < -0.3 is 9.84 Å². The summed E-state index contributed by atoms with van der Waals surface area (Å²) in [7, 11) is 0. The summed E-state index contributed by atoms with van der Waals surface area (Å²) < 4.78 is 5.79. The van der Waals surface area contributed by atoms with Crippen molar-refractivity contribution in [3.63, 3.8) is 0 Å². The molecule has 4 heteroatoms. The van der Waals surface area contributed by atoms with Crippen LogP contribution in [0.15, 0.2) is 0 Å². The third-order valence-electron chi connectivity index (χ3n) is 4.42. The summed E-state index contributed by atoms with van der Waals surface area (Å²) in [6, 6.07) is 0.392. The van der Waals surface area contributed by atoms with Crippen LogP contribution >= 0.6 is 0 Å². The molecule has 2 aliphatic carbocycles. The number of ether oxygens (including phenoxy) is 1. The standard InChI is InChI=1S/C15H27NO3/c1-11(19-9-8-12-4-3-5-12)10-15(2,14(17)18)16-13-6-7-13/h11-13,16H,3-10H2,1-2H3,(H,17,18). The van der Waals surface area contributed by atoms with Crippen LogP contribution in [0.25, 0.3) is 0 Å². The lowest BCUT2D eigenvalue weighted by atomic mass is 9.83. The van der Waals surface area contributed by atoms with Gasteiger partial charge in [-0.05, 0) is 39.0 Å². The van der Waals surface area contributed by atoms with Crippen molar-refractivity contribution < 1.29 is 14.6 Å². The number of carboxylic acid groups (broad SMARTS) is 1. The Balaban J connectivity index is 1.70. The minimum Gasteiger partial charge on any atom is -0.480 e. The smallest absolute Gasteiger partial charge is 0.323 e. The fourth-order valence-corrected chi connectivity index (χ4v) is 2.74. The molecule has 110 valence electrons. The summed E-state index contributed by atoms with van der Waals surface area (Å²) in [5.74, 6) is 0.0801. The lowest BCUT2D eigenvalue weighted by Gasteiger charge is -2.30. The first-order valence-electron chi connectivity index (χ1n) is 7.62. The van der Waals surface area contributed by atoms with Gasteiger partial charge in [-0.3, -0.25) is 10.1 Å². The molecule has 2 N–H and O–H groups in total. The molecule has 2 fully saturated rings. The Bertz CT molecular complexity index is 313. The van der Waals surface area contributed by atoms with E-state index in [4.69, 9.17) is 4.74 Å². The molecular formula is C15H27NO3. The molecule has 0 saturated heterocycles. The van der Waals surface area contributed by atoms with E-state index in [1.165, 1.54) is 19.3 Å². The molecule has 0 aliphatic heterocycles. The van der Waals surface area contributed by atoms with Gasteiger partial charge in [0.25, 0.3) is 0 Å². The van der Waals surface area contributed by atoms with Gasteiger partial charge in [-0.25, -0.2) is 0 Å². The van der Waals surface area contributed by atoms with E-state index in [-0.39, 0.29) is 6.10 Å². The highest BCUT2D eigenvalue weighted by Gasteiger charge is 2.39. The van der Waals surface area contributed by atoms with E-state index in [1.807, 2.05) is 6.92 Å². The van der Waals surface area contributed by atoms with Gasteiger partial charge in [0, 0.05) is 19.1 Å². The highest BCUT2D eigenvalue weighted by atomic mass is 16.5. The summed E-state index contributed by atoms with van der Waals surface area (Å²) in [4.78, 5) is 11.4. The van der Waals surface area contributed by atoms with Gasteiger partial charge in [-0.2, -0.15) is 0 Å². The van der Waals surface area contributed by atoms with Crippen LogP contribution in [0.2, 0.25) is 0 Å². The van der Waals surface area contributed by atoms with Crippen LogP contribution in [0.3, 0.4) is 0 Å². The van der Waals surface area contributed by atoms with Crippen LogP contribution in [-0.4, -0.2) is 35.4 Å². The first kappa shape index (κ1) is 14.8. The normalized spacial score (nSPS) is 24.5. The molecule has 0 aromatic rings. The molecule has 4 nitrogen and oxygen atoms in total. The molecular weight excluding hydrogens is 242 g/mol. The Kier molecular flexibility index (Phi) is 4.85. The maximum absolute atomic E-state index is 11.4. The van der Waals surface area contributed by atoms with Crippen LogP contribution in [0, 0.1) is 5.92 Å². The first-order chi connectivity index (χ1) is 8.99. The van der Waals surface area contributed by atoms with Gasteiger partial charge >= 0.3 is 5.97 Å². The van der Waals surface area contributed by atoms with E-state index in [1.54, 1.807) is 6.92 Å². The lowest BCUT2D eigenvalue weighted by Crippen LogP contribution is -2.52. The molecule has 0 spiro atoms. The number of nitrogens with one attached hydrogen (secondary N) is 1. The quantitative estimate of drug-likeness (QED) is 0.675. The molecule has 0 bridgehead atoms. The van der Waals surface area contributed by atoms with Crippen molar-refractivity contribution in [3.8, 4) is 0 Å². The monoisotopic (exact) mass is 269 g/mol. The van der Waals surface area contributed by atoms with Gasteiger partial charge in [0.2, 0.25) is 0 Å². The van der Waals surface area contributed by atoms with Crippen LogP contribution < -0.4 is 5.32 Å².